The Hall–Kier alpha value is -4.06. The lowest BCUT2D eigenvalue weighted by Crippen LogP contribution is -2.43. The van der Waals surface area contributed by atoms with Crippen LogP contribution in [0.4, 0.5) is 0 Å². The van der Waals surface area contributed by atoms with Crippen molar-refractivity contribution in [2.45, 2.75) is 19.3 Å². The van der Waals surface area contributed by atoms with Crippen LogP contribution in [-0.4, -0.2) is 32.4 Å². The number of hydrogen-bond donors (Lipinski definition) is 2. The fourth-order valence-corrected chi connectivity index (χ4v) is 4.46. The molecule has 5 aromatic rings. The van der Waals surface area contributed by atoms with Gasteiger partial charge in [-0.25, -0.2) is 9.97 Å². The normalized spacial score (nSPS) is 15.0. The van der Waals surface area contributed by atoms with E-state index in [4.69, 9.17) is 4.98 Å². The highest BCUT2D eigenvalue weighted by atomic mass is 16.1. The summed E-state index contributed by atoms with van der Waals surface area (Å²) >= 11 is 0. The van der Waals surface area contributed by atoms with Gasteiger partial charge in [-0.05, 0) is 47.5 Å². The number of amides is 1. The molecule has 0 saturated carbocycles. The van der Waals surface area contributed by atoms with Crippen molar-refractivity contribution in [3.8, 4) is 22.5 Å². The molecule has 1 aliphatic heterocycles. The van der Waals surface area contributed by atoms with Gasteiger partial charge in [0.05, 0.1) is 5.52 Å². The lowest BCUT2D eigenvalue weighted by Gasteiger charge is -2.32. The number of nitrogens with one attached hydrogen (secondary N) is 2. The number of aromatic amines is 1. The molecule has 0 spiro atoms. The number of aromatic nitrogens is 4. The first kappa shape index (κ1) is 18.7. The maximum absolute atomic E-state index is 12.3. The van der Waals surface area contributed by atoms with E-state index in [9.17, 15) is 4.79 Å². The number of rotatable bonds is 2. The molecule has 3 aromatic heterocycles. The van der Waals surface area contributed by atoms with E-state index < -0.39 is 0 Å². The van der Waals surface area contributed by atoms with Crippen molar-refractivity contribution in [2.24, 2.45) is 0 Å². The van der Waals surface area contributed by atoms with Crippen LogP contribution < -0.4 is 5.32 Å². The Balaban J connectivity index is 0.00000137. The van der Waals surface area contributed by atoms with E-state index in [1.807, 2.05) is 48.8 Å². The van der Waals surface area contributed by atoms with E-state index in [2.05, 4.69) is 46.2 Å². The molecule has 0 atom stereocenters. The molecule has 2 aromatic carbocycles. The predicted octanol–water partition coefficient (Wildman–Crippen LogP) is 5.35. The summed E-state index contributed by atoms with van der Waals surface area (Å²) in [4.78, 5) is 29.4. The van der Waals surface area contributed by atoms with Gasteiger partial charge >= 0.3 is 0 Å². The van der Waals surface area contributed by atoms with Crippen molar-refractivity contribution >= 4 is 27.8 Å². The highest BCUT2D eigenvalue weighted by Gasteiger charge is 2.31. The molecule has 0 unspecified atom stereocenters. The second-order valence-electron chi connectivity index (χ2n) is 8.90. The van der Waals surface area contributed by atoms with Crippen molar-refractivity contribution in [3.05, 3.63) is 78.2 Å². The lowest BCUT2D eigenvalue weighted by molar-refractivity contribution is 0.0930. The summed E-state index contributed by atoms with van der Waals surface area (Å²) in [7, 11) is 0. The van der Waals surface area contributed by atoms with E-state index in [0.29, 0.717) is 12.4 Å². The molecule has 0 bridgehead atoms. The minimum atomic E-state index is -0.125. The molecule has 4 heterocycles. The Labute approximate surface area is 187 Å². The highest BCUT2D eigenvalue weighted by molar-refractivity contribution is 5.99. The van der Waals surface area contributed by atoms with Gasteiger partial charge in [-0.15, -0.1) is 0 Å². The maximum Gasteiger partial charge on any atom is 0.251 e. The molecule has 0 radical (unpaired) electrons. The Kier molecular flexibility index (Phi) is 3.92. The minimum Gasteiger partial charge on any atom is -0.351 e. The van der Waals surface area contributed by atoms with Gasteiger partial charge in [0.1, 0.15) is 5.65 Å². The molecule has 160 valence electrons. The van der Waals surface area contributed by atoms with Gasteiger partial charge in [-0.2, -0.15) is 0 Å². The van der Waals surface area contributed by atoms with Gasteiger partial charge < -0.3 is 10.3 Å². The Morgan fingerprint density at radius 1 is 1.00 bits per heavy atom. The van der Waals surface area contributed by atoms with Crippen molar-refractivity contribution in [1.29, 1.82) is 0 Å². The van der Waals surface area contributed by atoms with E-state index in [0.717, 1.165) is 49.8 Å². The van der Waals surface area contributed by atoms with Crippen LogP contribution in [0.5, 0.6) is 0 Å². The fourth-order valence-electron chi connectivity index (χ4n) is 4.46. The minimum absolute atomic E-state index is 0. The van der Waals surface area contributed by atoms with Gasteiger partial charge in [-0.1, -0.05) is 26.0 Å². The fraction of sp³-hybridized carbons (Fsp3) is 0.154. The third-order valence-corrected chi connectivity index (χ3v) is 6.29. The first-order valence-corrected chi connectivity index (χ1v) is 10.6. The SMILES string of the molecule is CC1(C)CNC(=O)c2ccc(-c3c[nH]c4nc(-c5ccc6ncccc6c5)ncc34)cc21.[HH].[HH]. The molecule has 2 N–H and O–H groups in total. The Bertz CT molecular complexity index is 1540. The van der Waals surface area contributed by atoms with Crippen molar-refractivity contribution < 1.29 is 7.65 Å². The van der Waals surface area contributed by atoms with Gasteiger partial charge in [0.25, 0.3) is 5.91 Å². The molecule has 6 rings (SSSR count). The molecule has 0 fully saturated rings. The van der Waals surface area contributed by atoms with Crippen LogP contribution >= 0.6 is 0 Å². The van der Waals surface area contributed by atoms with Crippen molar-refractivity contribution in [3.63, 3.8) is 0 Å². The molecule has 0 saturated heterocycles. The first-order valence-electron chi connectivity index (χ1n) is 10.6. The molecular formula is C26H25N5O. The number of H-pyrrole nitrogens is 1. The Morgan fingerprint density at radius 3 is 2.78 bits per heavy atom. The summed E-state index contributed by atoms with van der Waals surface area (Å²) in [5, 5.41) is 4.99. The second-order valence-corrected chi connectivity index (χ2v) is 8.90. The predicted molar refractivity (Wildman–Crippen MR) is 130 cm³/mol. The van der Waals surface area contributed by atoms with Crippen LogP contribution in [0.15, 0.2) is 67.1 Å². The van der Waals surface area contributed by atoms with Crippen LogP contribution in [0.2, 0.25) is 0 Å². The zero-order valence-electron chi connectivity index (χ0n) is 17.8. The van der Waals surface area contributed by atoms with E-state index in [-0.39, 0.29) is 14.2 Å². The molecule has 6 nitrogen and oxygen atoms in total. The molecule has 32 heavy (non-hydrogen) atoms. The van der Waals surface area contributed by atoms with Crippen LogP contribution in [0.25, 0.3) is 44.5 Å². The summed E-state index contributed by atoms with van der Waals surface area (Å²) in [5.41, 5.74) is 6.44. The number of fused-ring (bicyclic) bond motifs is 3. The average molecular weight is 424 g/mol. The zero-order chi connectivity index (χ0) is 21.9. The summed E-state index contributed by atoms with van der Waals surface area (Å²) < 4.78 is 0. The van der Waals surface area contributed by atoms with Gasteiger partial charge in [-0.3, -0.25) is 9.78 Å². The van der Waals surface area contributed by atoms with Gasteiger partial charge in [0.2, 0.25) is 0 Å². The molecule has 1 aliphatic rings. The van der Waals surface area contributed by atoms with Crippen LogP contribution in [0.1, 0.15) is 32.6 Å². The highest BCUT2D eigenvalue weighted by Crippen LogP contribution is 2.35. The number of carbonyl (C=O) groups is 1. The van der Waals surface area contributed by atoms with Crippen molar-refractivity contribution in [1.82, 2.24) is 25.3 Å². The smallest absolute Gasteiger partial charge is 0.251 e. The summed E-state index contributed by atoms with van der Waals surface area (Å²) in [6, 6.07) is 16.0. The number of pyridine rings is 1. The summed E-state index contributed by atoms with van der Waals surface area (Å²) in [6.07, 6.45) is 5.62. The number of benzene rings is 2. The van der Waals surface area contributed by atoms with E-state index in [1.54, 1.807) is 6.20 Å². The van der Waals surface area contributed by atoms with E-state index >= 15 is 0 Å². The number of hydrogen-bond acceptors (Lipinski definition) is 4. The average Bonchev–Trinajstić information content (AvgIpc) is 3.24. The molecule has 6 heteroatoms. The van der Waals surface area contributed by atoms with Crippen LogP contribution in [-0.2, 0) is 5.41 Å². The topological polar surface area (TPSA) is 83.6 Å². The largest absolute Gasteiger partial charge is 0.351 e. The van der Waals surface area contributed by atoms with Gasteiger partial charge in [0.15, 0.2) is 5.82 Å². The summed E-state index contributed by atoms with van der Waals surface area (Å²) in [5.74, 6) is 0.656. The zero-order valence-corrected chi connectivity index (χ0v) is 17.8. The monoisotopic (exact) mass is 423 g/mol. The number of carbonyl (C=O) groups excluding carboxylic acids is 1. The molecule has 1 amide bonds. The maximum atomic E-state index is 12.3. The lowest BCUT2D eigenvalue weighted by atomic mass is 9.78. The van der Waals surface area contributed by atoms with Crippen LogP contribution in [0, 0.1) is 0 Å². The van der Waals surface area contributed by atoms with E-state index in [1.165, 1.54) is 0 Å². The van der Waals surface area contributed by atoms with Gasteiger partial charge in [0, 0.05) is 60.9 Å². The third-order valence-electron chi connectivity index (χ3n) is 6.29. The van der Waals surface area contributed by atoms with Crippen molar-refractivity contribution in [2.75, 3.05) is 6.54 Å². The standard InChI is InChI=1S/C26H21N5O.2H2/c1-26(2)14-30-25(32)18-7-5-15(11-21(18)26)19-12-29-24-20(19)13-28-23(31-24)17-6-8-22-16(10-17)4-3-9-27-22;;/h3-13H,14H2,1-2H3,(H,30,32)(H,28,29,31);2*1H. The third kappa shape index (κ3) is 2.87. The molecule has 0 aliphatic carbocycles. The van der Waals surface area contributed by atoms with Crippen LogP contribution in [0.3, 0.4) is 0 Å². The quantitative estimate of drug-likeness (QED) is 0.401. The summed E-state index contributed by atoms with van der Waals surface area (Å²) in [6.45, 7) is 4.93. The number of nitrogens with zero attached hydrogens (tertiary/aromatic N) is 3. The first-order chi connectivity index (χ1) is 15.5. The molecular weight excluding hydrogens is 398 g/mol. The second kappa shape index (κ2) is 6.72. The Morgan fingerprint density at radius 2 is 1.88 bits per heavy atom.